The van der Waals surface area contributed by atoms with E-state index in [9.17, 15) is 19.7 Å². The molecule has 0 fully saturated rings. The zero-order valence-corrected chi connectivity index (χ0v) is 15.2. The van der Waals surface area contributed by atoms with Crippen LogP contribution in [0.25, 0.3) is 0 Å². The first kappa shape index (κ1) is 18.6. The topological polar surface area (TPSA) is 92.5 Å². The maximum atomic E-state index is 12.8. The lowest BCUT2D eigenvalue weighted by molar-refractivity contribution is -0.384. The Bertz CT molecular complexity index is 896. The molecule has 7 heteroatoms. The molecule has 0 heterocycles. The minimum absolute atomic E-state index is 0.00846. The molecule has 0 unspecified atom stereocenters. The maximum absolute atomic E-state index is 12.8. The van der Waals surface area contributed by atoms with E-state index in [1.165, 1.54) is 29.8 Å². The van der Waals surface area contributed by atoms with E-state index in [0.29, 0.717) is 0 Å². The lowest BCUT2D eigenvalue weighted by atomic mass is 10.1. The third-order valence-corrected chi connectivity index (χ3v) is 4.95. The molecule has 1 N–H and O–H groups in total. The van der Waals surface area contributed by atoms with Gasteiger partial charge >= 0.3 is 0 Å². The number of carbonyl (C=O) groups is 2. The van der Waals surface area contributed by atoms with Gasteiger partial charge in [-0.05, 0) is 37.0 Å². The number of rotatable bonds is 5. The van der Waals surface area contributed by atoms with Crippen LogP contribution in [0.3, 0.4) is 0 Å². The predicted molar refractivity (Wildman–Crippen MR) is 100 cm³/mol. The van der Waals surface area contributed by atoms with Gasteiger partial charge < -0.3 is 10.2 Å². The van der Waals surface area contributed by atoms with Gasteiger partial charge in [-0.25, -0.2) is 0 Å². The predicted octanol–water partition coefficient (Wildman–Crippen LogP) is 2.86. The Hall–Kier alpha value is -3.22. The number of nitrogens with one attached hydrogen (secondary N) is 1. The van der Waals surface area contributed by atoms with Gasteiger partial charge in [-0.2, -0.15) is 0 Å². The van der Waals surface area contributed by atoms with E-state index in [0.717, 1.165) is 18.4 Å². The van der Waals surface area contributed by atoms with E-state index in [1.54, 1.807) is 18.9 Å². The summed E-state index contributed by atoms with van der Waals surface area (Å²) in [5, 5.41) is 13.5. The van der Waals surface area contributed by atoms with Gasteiger partial charge in [0.2, 0.25) is 5.91 Å². The van der Waals surface area contributed by atoms with Crippen molar-refractivity contribution < 1.29 is 14.5 Å². The molecule has 2 aromatic rings. The molecule has 0 radical (unpaired) electrons. The molecule has 2 atom stereocenters. The summed E-state index contributed by atoms with van der Waals surface area (Å²) in [4.78, 5) is 37.1. The molecular formula is C20H21N3O4. The Morgan fingerprint density at radius 1 is 1.22 bits per heavy atom. The smallest absolute Gasteiger partial charge is 0.270 e. The number of nitro groups is 1. The summed E-state index contributed by atoms with van der Waals surface area (Å²) in [6.07, 6.45) is 1.78. The molecule has 0 saturated carbocycles. The Morgan fingerprint density at radius 3 is 2.70 bits per heavy atom. The number of benzene rings is 2. The van der Waals surface area contributed by atoms with Crippen LogP contribution < -0.4 is 5.32 Å². The van der Waals surface area contributed by atoms with Crippen molar-refractivity contribution in [1.29, 1.82) is 0 Å². The fourth-order valence-electron chi connectivity index (χ4n) is 3.50. The van der Waals surface area contributed by atoms with Crippen molar-refractivity contribution in [1.82, 2.24) is 10.2 Å². The first-order chi connectivity index (χ1) is 12.9. The average Bonchev–Trinajstić information content (AvgIpc) is 3.10. The summed E-state index contributed by atoms with van der Waals surface area (Å²) < 4.78 is 0. The van der Waals surface area contributed by atoms with Gasteiger partial charge in [0.1, 0.15) is 6.04 Å². The van der Waals surface area contributed by atoms with Crippen LogP contribution in [0.4, 0.5) is 5.69 Å². The van der Waals surface area contributed by atoms with E-state index >= 15 is 0 Å². The largest absolute Gasteiger partial charge is 0.341 e. The molecule has 7 nitrogen and oxygen atoms in total. The second-order valence-corrected chi connectivity index (χ2v) is 6.71. The number of non-ortho nitro benzene ring substituents is 1. The fourth-order valence-corrected chi connectivity index (χ4v) is 3.50. The van der Waals surface area contributed by atoms with Crippen LogP contribution in [-0.2, 0) is 11.2 Å². The molecule has 0 saturated heterocycles. The van der Waals surface area contributed by atoms with Crippen molar-refractivity contribution in [3.8, 4) is 0 Å². The lowest BCUT2D eigenvalue weighted by Gasteiger charge is -2.28. The summed E-state index contributed by atoms with van der Waals surface area (Å²) in [6, 6.07) is 12.7. The summed E-state index contributed by atoms with van der Waals surface area (Å²) in [7, 11) is 1.74. The summed E-state index contributed by atoms with van der Waals surface area (Å²) in [6.45, 7) is 1.62. The van der Waals surface area contributed by atoms with Crippen molar-refractivity contribution in [2.24, 2.45) is 0 Å². The Labute approximate surface area is 157 Å². The molecule has 0 aromatic heterocycles. The Balaban J connectivity index is 1.68. The van der Waals surface area contributed by atoms with Crippen LogP contribution in [0, 0.1) is 10.1 Å². The maximum Gasteiger partial charge on any atom is 0.270 e. The lowest BCUT2D eigenvalue weighted by Crippen LogP contribution is -2.46. The monoisotopic (exact) mass is 367 g/mol. The molecule has 27 heavy (non-hydrogen) atoms. The molecule has 1 aliphatic rings. The normalized spacial score (nSPS) is 16.3. The second kappa shape index (κ2) is 7.57. The van der Waals surface area contributed by atoms with Crippen molar-refractivity contribution in [3.05, 3.63) is 75.3 Å². The summed E-state index contributed by atoms with van der Waals surface area (Å²) in [5.74, 6) is -0.713. The molecule has 0 aliphatic heterocycles. The third kappa shape index (κ3) is 3.81. The van der Waals surface area contributed by atoms with Gasteiger partial charge in [0.05, 0.1) is 11.0 Å². The highest BCUT2D eigenvalue weighted by molar-refractivity contribution is 5.97. The number of fused-ring (bicyclic) bond motifs is 1. The van der Waals surface area contributed by atoms with Gasteiger partial charge in [-0.15, -0.1) is 0 Å². The number of hydrogen-bond donors (Lipinski definition) is 1. The van der Waals surface area contributed by atoms with E-state index in [1.807, 2.05) is 18.2 Å². The number of aryl methyl sites for hydroxylation is 1. The Kier molecular flexibility index (Phi) is 5.21. The van der Waals surface area contributed by atoms with Crippen molar-refractivity contribution in [3.63, 3.8) is 0 Å². The summed E-state index contributed by atoms with van der Waals surface area (Å²) in [5.41, 5.74) is 2.38. The molecule has 0 spiro atoms. The molecule has 2 amide bonds. The number of carbonyl (C=O) groups excluding carboxylic acids is 2. The van der Waals surface area contributed by atoms with Gasteiger partial charge in [-0.1, -0.05) is 30.3 Å². The van der Waals surface area contributed by atoms with Gasteiger partial charge in [0.25, 0.3) is 11.6 Å². The molecule has 1 aliphatic carbocycles. The van der Waals surface area contributed by atoms with Crippen LogP contribution >= 0.6 is 0 Å². The van der Waals surface area contributed by atoms with E-state index in [2.05, 4.69) is 11.4 Å². The number of amides is 2. The quantitative estimate of drug-likeness (QED) is 0.650. The van der Waals surface area contributed by atoms with Crippen molar-refractivity contribution in [2.45, 2.75) is 31.8 Å². The second-order valence-electron chi connectivity index (χ2n) is 6.71. The zero-order chi connectivity index (χ0) is 19.6. The van der Waals surface area contributed by atoms with Crippen molar-refractivity contribution >= 4 is 17.5 Å². The SMILES string of the molecule is C[C@@H](NC(=O)c1cccc([N+](=O)[O-])c1)C(=O)N(C)[C@@H]1CCc2ccccc21. The van der Waals surface area contributed by atoms with Crippen LogP contribution in [0.15, 0.2) is 48.5 Å². The standard InChI is InChI=1S/C20H21N3O4/c1-13(21-19(24)15-7-5-8-16(12-15)23(26)27)20(25)22(2)18-11-10-14-6-3-4-9-17(14)18/h3-9,12-13,18H,10-11H2,1-2H3,(H,21,24)/t13-,18-/m1/s1. The first-order valence-electron chi connectivity index (χ1n) is 8.78. The number of likely N-dealkylation sites (N-methyl/N-ethyl adjacent to an activating group) is 1. The van der Waals surface area contributed by atoms with Crippen molar-refractivity contribution in [2.75, 3.05) is 7.05 Å². The third-order valence-electron chi connectivity index (χ3n) is 4.95. The highest BCUT2D eigenvalue weighted by atomic mass is 16.6. The van der Waals surface area contributed by atoms with Crippen LogP contribution in [0.1, 0.15) is 40.9 Å². The minimum Gasteiger partial charge on any atom is -0.341 e. The van der Waals surface area contributed by atoms with Gasteiger partial charge in [0.15, 0.2) is 0 Å². The number of nitro benzene ring substituents is 1. The van der Waals surface area contributed by atoms with E-state index < -0.39 is 16.9 Å². The fraction of sp³-hybridized carbons (Fsp3) is 0.300. The van der Waals surface area contributed by atoms with Gasteiger partial charge in [-0.3, -0.25) is 19.7 Å². The zero-order valence-electron chi connectivity index (χ0n) is 15.2. The average molecular weight is 367 g/mol. The van der Waals surface area contributed by atoms with E-state index in [-0.39, 0.29) is 23.2 Å². The number of nitrogens with zero attached hydrogens (tertiary/aromatic N) is 2. The molecule has 3 rings (SSSR count). The molecule has 140 valence electrons. The minimum atomic E-state index is -0.741. The van der Waals surface area contributed by atoms with Crippen LogP contribution in [0.2, 0.25) is 0 Å². The first-order valence-corrected chi connectivity index (χ1v) is 8.78. The Morgan fingerprint density at radius 2 is 1.96 bits per heavy atom. The van der Waals surface area contributed by atoms with Gasteiger partial charge in [0, 0.05) is 24.7 Å². The molecular weight excluding hydrogens is 346 g/mol. The summed E-state index contributed by atoms with van der Waals surface area (Å²) >= 11 is 0. The highest BCUT2D eigenvalue weighted by Gasteiger charge is 2.31. The van der Waals surface area contributed by atoms with Crippen LogP contribution in [0.5, 0.6) is 0 Å². The molecule has 2 aromatic carbocycles. The van der Waals surface area contributed by atoms with Crippen LogP contribution in [-0.4, -0.2) is 34.7 Å². The highest BCUT2D eigenvalue weighted by Crippen LogP contribution is 2.35. The van der Waals surface area contributed by atoms with E-state index in [4.69, 9.17) is 0 Å². The number of hydrogen-bond acceptors (Lipinski definition) is 4. The molecule has 0 bridgehead atoms.